The van der Waals surface area contributed by atoms with E-state index in [0.29, 0.717) is 11.6 Å². The highest BCUT2D eigenvalue weighted by Gasteiger charge is 2.14. The van der Waals surface area contributed by atoms with Crippen LogP contribution in [0.5, 0.6) is 5.75 Å². The smallest absolute Gasteiger partial charge is 0.335 e. The summed E-state index contributed by atoms with van der Waals surface area (Å²) in [5.74, 6) is -0.803. The fraction of sp³-hybridized carbons (Fsp3) is 0.500. The molecule has 0 aliphatic heterocycles. The van der Waals surface area contributed by atoms with Gasteiger partial charge in [-0.15, -0.1) is 0 Å². The van der Waals surface area contributed by atoms with Gasteiger partial charge in [-0.3, -0.25) is 0 Å². The Morgan fingerprint density at radius 1 is 1.45 bits per heavy atom. The average Bonchev–Trinajstić information content (AvgIpc) is 2.34. The molecule has 0 spiro atoms. The number of nitrogens with one attached hydrogen (secondary N) is 1. The van der Waals surface area contributed by atoms with Gasteiger partial charge in [-0.2, -0.15) is 0 Å². The van der Waals surface area contributed by atoms with E-state index in [9.17, 15) is 9.90 Å². The number of aromatic carboxylic acids is 1. The fourth-order valence-electron chi connectivity index (χ4n) is 1.42. The van der Waals surface area contributed by atoms with Gasteiger partial charge in [0.1, 0.15) is 18.5 Å². The van der Waals surface area contributed by atoms with Crippen molar-refractivity contribution >= 4 is 17.6 Å². The third-order valence-corrected chi connectivity index (χ3v) is 2.79. The van der Waals surface area contributed by atoms with Gasteiger partial charge in [-0.25, -0.2) is 4.79 Å². The molecule has 0 saturated heterocycles. The second kappa shape index (κ2) is 6.92. The molecule has 0 amide bonds. The van der Waals surface area contributed by atoms with E-state index in [-0.39, 0.29) is 23.5 Å². The molecule has 1 unspecified atom stereocenters. The van der Waals surface area contributed by atoms with Gasteiger partial charge >= 0.3 is 5.97 Å². The number of ether oxygens (including phenoxy) is 1. The quantitative estimate of drug-likeness (QED) is 0.750. The molecule has 0 bridgehead atoms. The topological polar surface area (TPSA) is 78.8 Å². The number of carbonyl (C=O) groups is 1. The summed E-state index contributed by atoms with van der Waals surface area (Å²) in [7, 11) is 0. The van der Waals surface area contributed by atoms with E-state index in [1.54, 1.807) is 0 Å². The predicted molar refractivity (Wildman–Crippen MR) is 77.7 cm³/mol. The molecule has 0 fully saturated rings. The summed E-state index contributed by atoms with van der Waals surface area (Å²) in [4.78, 5) is 10.9. The van der Waals surface area contributed by atoms with Crippen molar-refractivity contribution in [1.29, 1.82) is 0 Å². The first-order valence-corrected chi connectivity index (χ1v) is 6.65. The van der Waals surface area contributed by atoms with Crippen LogP contribution < -0.4 is 10.1 Å². The van der Waals surface area contributed by atoms with E-state index in [2.05, 4.69) is 5.32 Å². The lowest BCUT2D eigenvalue weighted by atomic mass is 10.1. The minimum atomic E-state index is -1.05. The van der Waals surface area contributed by atoms with Crippen molar-refractivity contribution in [2.45, 2.75) is 32.4 Å². The number of aliphatic hydroxyl groups excluding tert-OH is 1. The van der Waals surface area contributed by atoms with Gasteiger partial charge in [0.05, 0.1) is 10.6 Å². The maximum absolute atomic E-state index is 10.9. The van der Waals surface area contributed by atoms with Crippen LogP contribution in [-0.4, -0.2) is 41.0 Å². The Labute approximate surface area is 123 Å². The summed E-state index contributed by atoms with van der Waals surface area (Å²) in [5, 5.41) is 22.1. The highest BCUT2D eigenvalue weighted by Crippen LogP contribution is 2.25. The number of carboxylic acids is 1. The number of hydrogen-bond donors (Lipinski definition) is 3. The van der Waals surface area contributed by atoms with Gasteiger partial charge in [-0.1, -0.05) is 11.6 Å². The molecule has 0 saturated carbocycles. The summed E-state index contributed by atoms with van der Waals surface area (Å²) in [5.41, 5.74) is -0.00584. The monoisotopic (exact) mass is 301 g/mol. The molecular weight excluding hydrogens is 282 g/mol. The standard InChI is InChI=1S/C14H20ClNO4/c1-14(2,3)16-7-10(17)8-20-12-6-9(13(18)19)4-5-11(12)15/h4-6,10,16-17H,7-8H2,1-3H3,(H,18,19). The molecule has 20 heavy (non-hydrogen) atoms. The maximum atomic E-state index is 10.9. The number of carboxylic acid groups (broad SMARTS) is 1. The number of β-amino-alcohol motifs (C(OH)–C–C–N with tert-alkyl or cyclic N) is 1. The van der Waals surface area contributed by atoms with Crippen LogP contribution in [0.25, 0.3) is 0 Å². The van der Waals surface area contributed by atoms with E-state index in [1.165, 1.54) is 18.2 Å². The minimum absolute atomic E-state index is 0.0336. The summed E-state index contributed by atoms with van der Waals surface area (Å²) >= 11 is 5.92. The third-order valence-electron chi connectivity index (χ3n) is 2.48. The average molecular weight is 302 g/mol. The van der Waals surface area contributed by atoms with Crippen molar-refractivity contribution in [3.8, 4) is 5.75 Å². The molecule has 112 valence electrons. The molecule has 6 heteroatoms. The van der Waals surface area contributed by atoms with Crippen molar-refractivity contribution in [3.05, 3.63) is 28.8 Å². The predicted octanol–water partition coefficient (Wildman–Crippen LogP) is 2.17. The molecule has 0 aliphatic rings. The van der Waals surface area contributed by atoms with Gasteiger partial charge < -0.3 is 20.3 Å². The molecule has 1 aromatic carbocycles. The number of rotatable bonds is 6. The molecule has 0 heterocycles. The van der Waals surface area contributed by atoms with Crippen LogP contribution >= 0.6 is 11.6 Å². The first kappa shape index (κ1) is 16.8. The molecule has 1 aromatic rings. The van der Waals surface area contributed by atoms with E-state index in [1.807, 2.05) is 20.8 Å². The van der Waals surface area contributed by atoms with E-state index in [0.717, 1.165) is 0 Å². The summed E-state index contributed by atoms with van der Waals surface area (Å²) in [6, 6.07) is 4.20. The largest absolute Gasteiger partial charge is 0.489 e. The van der Waals surface area contributed by atoms with E-state index >= 15 is 0 Å². The van der Waals surface area contributed by atoms with Crippen LogP contribution in [0.2, 0.25) is 5.02 Å². The van der Waals surface area contributed by atoms with Crippen molar-refractivity contribution in [2.75, 3.05) is 13.2 Å². The molecule has 0 aliphatic carbocycles. The second-order valence-corrected chi connectivity index (χ2v) is 5.95. The highest BCUT2D eigenvalue weighted by atomic mass is 35.5. The molecule has 0 radical (unpaired) electrons. The normalized spacial score (nSPS) is 13.1. The summed E-state index contributed by atoms with van der Waals surface area (Å²) < 4.78 is 5.37. The van der Waals surface area contributed by atoms with Crippen LogP contribution in [0.4, 0.5) is 0 Å². The molecule has 1 atom stereocenters. The minimum Gasteiger partial charge on any atom is -0.489 e. The van der Waals surface area contributed by atoms with Gasteiger partial charge in [-0.05, 0) is 39.0 Å². The Hall–Kier alpha value is -1.30. The van der Waals surface area contributed by atoms with Gasteiger partial charge in [0, 0.05) is 12.1 Å². The zero-order valence-corrected chi connectivity index (χ0v) is 12.6. The number of halogens is 1. The Balaban J connectivity index is 2.56. The van der Waals surface area contributed by atoms with Crippen molar-refractivity contribution < 1.29 is 19.7 Å². The summed E-state index contributed by atoms with van der Waals surface area (Å²) in [6.07, 6.45) is -0.709. The Kier molecular flexibility index (Phi) is 5.80. The lowest BCUT2D eigenvalue weighted by Crippen LogP contribution is -2.42. The van der Waals surface area contributed by atoms with Crippen LogP contribution in [0.15, 0.2) is 18.2 Å². The van der Waals surface area contributed by atoms with Crippen LogP contribution in [0.1, 0.15) is 31.1 Å². The second-order valence-electron chi connectivity index (χ2n) is 5.55. The van der Waals surface area contributed by atoms with Gasteiger partial charge in [0.25, 0.3) is 0 Å². The van der Waals surface area contributed by atoms with Crippen molar-refractivity contribution in [2.24, 2.45) is 0 Å². The summed E-state index contributed by atoms with van der Waals surface area (Å²) in [6.45, 7) is 6.39. The van der Waals surface area contributed by atoms with Crippen molar-refractivity contribution in [3.63, 3.8) is 0 Å². The zero-order chi connectivity index (χ0) is 15.3. The highest BCUT2D eigenvalue weighted by molar-refractivity contribution is 6.32. The first-order chi connectivity index (χ1) is 9.19. The lowest BCUT2D eigenvalue weighted by Gasteiger charge is -2.23. The zero-order valence-electron chi connectivity index (χ0n) is 11.8. The van der Waals surface area contributed by atoms with Crippen LogP contribution in [-0.2, 0) is 0 Å². The number of benzene rings is 1. The van der Waals surface area contributed by atoms with Gasteiger partial charge in [0.15, 0.2) is 0 Å². The molecular formula is C14H20ClNO4. The molecule has 1 rings (SSSR count). The first-order valence-electron chi connectivity index (χ1n) is 6.28. The Morgan fingerprint density at radius 3 is 2.65 bits per heavy atom. The Morgan fingerprint density at radius 2 is 2.10 bits per heavy atom. The van der Waals surface area contributed by atoms with E-state index < -0.39 is 12.1 Å². The molecule has 3 N–H and O–H groups in total. The maximum Gasteiger partial charge on any atom is 0.335 e. The van der Waals surface area contributed by atoms with Crippen LogP contribution in [0, 0.1) is 0 Å². The Bertz CT molecular complexity index is 471. The lowest BCUT2D eigenvalue weighted by molar-refractivity contribution is 0.0695. The number of aliphatic hydroxyl groups is 1. The fourth-order valence-corrected chi connectivity index (χ4v) is 1.59. The van der Waals surface area contributed by atoms with Crippen LogP contribution in [0.3, 0.4) is 0 Å². The van der Waals surface area contributed by atoms with E-state index in [4.69, 9.17) is 21.4 Å². The van der Waals surface area contributed by atoms with Crippen molar-refractivity contribution in [1.82, 2.24) is 5.32 Å². The third kappa shape index (κ3) is 5.77. The molecule has 5 nitrogen and oxygen atoms in total. The van der Waals surface area contributed by atoms with Gasteiger partial charge in [0.2, 0.25) is 0 Å². The SMILES string of the molecule is CC(C)(C)NCC(O)COc1cc(C(=O)O)ccc1Cl. The molecule has 0 aromatic heterocycles. The number of hydrogen-bond acceptors (Lipinski definition) is 4.